The lowest BCUT2D eigenvalue weighted by Crippen LogP contribution is -2.21. The summed E-state index contributed by atoms with van der Waals surface area (Å²) in [5.41, 5.74) is 1.43. The minimum Gasteiger partial charge on any atom is -0.359 e. The second-order valence-corrected chi connectivity index (χ2v) is 11.4. The number of carbonyl (C=O) groups is 8. The maximum atomic E-state index is 11.3. The molecule has 16 nitrogen and oxygen atoms in total. The molecule has 0 radical (unpaired) electrons. The first kappa shape index (κ1) is 65.1. The molecular formula is C40H74N8O8. The molecule has 0 bridgehead atoms. The van der Waals surface area contributed by atoms with E-state index in [0.29, 0.717) is 12.0 Å². The fourth-order valence-electron chi connectivity index (χ4n) is 1.89. The van der Waals surface area contributed by atoms with Crippen LogP contribution in [-0.2, 0) is 28.8 Å². The van der Waals surface area contributed by atoms with Gasteiger partial charge in [-0.1, -0.05) is 50.7 Å². The molecule has 8 amide bonds. The summed E-state index contributed by atoms with van der Waals surface area (Å²) in [6.45, 7) is 9.32. The van der Waals surface area contributed by atoms with E-state index in [9.17, 15) is 38.4 Å². The van der Waals surface area contributed by atoms with Crippen LogP contribution in [0.1, 0.15) is 76.1 Å². The minimum atomic E-state index is -0.0411. The molecule has 0 saturated carbocycles. The van der Waals surface area contributed by atoms with Crippen LogP contribution in [0.3, 0.4) is 0 Å². The van der Waals surface area contributed by atoms with Crippen molar-refractivity contribution in [2.24, 2.45) is 0 Å². The summed E-state index contributed by atoms with van der Waals surface area (Å²) in [5, 5.41) is 9.71. The van der Waals surface area contributed by atoms with Crippen molar-refractivity contribution < 1.29 is 38.4 Å². The average molecular weight is 795 g/mol. The van der Waals surface area contributed by atoms with Crippen LogP contribution in [0.4, 0.5) is 0 Å². The molecule has 0 aliphatic carbocycles. The molecule has 0 unspecified atom stereocenters. The van der Waals surface area contributed by atoms with Gasteiger partial charge in [0.15, 0.2) is 0 Å². The van der Waals surface area contributed by atoms with E-state index in [-0.39, 0.29) is 54.7 Å². The van der Waals surface area contributed by atoms with Crippen LogP contribution in [0, 0.1) is 0 Å². The highest BCUT2D eigenvalue weighted by molar-refractivity contribution is 5.94. The van der Waals surface area contributed by atoms with Crippen molar-refractivity contribution in [1.29, 1.82) is 0 Å². The first-order chi connectivity index (χ1) is 25.3. The largest absolute Gasteiger partial charge is 0.359 e. The molecule has 0 saturated heterocycles. The highest BCUT2D eigenvalue weighted by Crippen LogP contribution is 2.00. The summed E-state index contributed by atoms with van der Waals surface area (Å²) in [5.74, 6) is 0.385. The van der Waals surface area contributed by atoms with Gasteiger partial charge in [-0.25, -0.2) is 0 Å². The Balaban J connectivity index is -0.0000000999. The monoisotopic (exact) mass is 795 g/mol. The molecule has 322 valence electrons. The minimum absolute atomic E-state index is 0. The van der Waals surface area contributed by atoms with Crippen molar-refractivity contribution in [2.75, 3.05) is 84.6 Å². The summed E-state index contributed by atoms with van der Waals surface area (Å²) in [4.78, 5) is 88.1. The first-order valence-corrected chi connectivity index (χ1v) is 17.0. The van der Waals surface area contributed by atoms with E-state index < -0.39 is 0 Å². The average Bonchev–Trinajstić information content (AvgIpc) is 3.15. The summed E-state index contributed by atoms with van der Waals surface area (Å²) < 4.78 is 0. The van der Waals surface area contributed by atoms with Gasteiger partial charge in [-0.2, -0.15) is 0 Å². The van der Waals surface area contributed by atoms with Gasteiger partial charge in [-0.3, -0.25) is 38.4 Å². The number of amides is 8. The van der Waals surface area contributed by atoms with Crippen molar-refractivity contribution >= 4 is 47.3 Å². The number of nitrogens with zero attached hydrogens (tertiary/aromatic N) is 4. The Kier molecular flexibility index (Phi) is 50.7. The van der Waals surface area contributed by atoms with Gasteiger partial charge in [0.05, 0.1) is 0 Å². The molecule has 16 heteroatoms. The van der Waals surface area contributed by atoms with Crippen molar-refractivity contribution in [3.63, 3.8) is 0 Å². The standard InChI is InChI=1S/C9H11NO.C8H9NO.C5H11NO.2C4H9NO.3C3H7NO.CH4/c1-10(2)9(11)8-6-4-3-5-7-8;1-9-8(10)7-5-3-2-4-6-7;1-4-5(7)6(2)3;2*1-4(6)5(2)3;3*1-3(5)4-2;/h3-7H,1-2H3;2-6H,1H3,(H,9,10);4H2,1-3H3;2*1-3H3;3*1-2H3,(H,4,5);1H4. The van der Waals surface area contributed by atoms with Crippen LogP contribution in [0.15, 0.2) is 60.7 Å². The van der Waals surface area contributed by atoms with Gasteiger partial charge in [-0.15, -0.1) is 0 Å². The molecule has 0 fully saturated rings. The number of rotatable bonds is 3. The third kappa shape index (κ3) is 55.0. The van der Waals surface area contributed by atoms with E-state index >= 15 is 0 Å². The summed E-state index contributed by atoms with van der Waals surface area (Å²) in [7, 11) is 20.3. The van der Waals surface area contributed by atoms with Gasteiger partial charge in [0, 0.05) is 137 Å². The second-order valence-electron chi connectivity index (χ2n) is 11.4. The van der Waals surface area contributed by atoms with E-state index in [4.69, 9.17) is 0 Å². The van der Waals surface area contributed by atoms with Crippen molar-refractivity contribution in [2.45, 2.75) is 55.4 Å². The molecule has 0 aliphatic rings. The lowest BCUT2D eigenvalue weighted by molar-refractivity contribution is -0.128. The van der Waals surface area contributed by atoms with Crippen LogP contribution in [-0.4, -0.2) is 151 Å². The normalized spacial score (nSPS) is 7.96. The number of hydrogen-bond acceptors (Lipinski definition) is 8. The third-order valence-corrected chi connectivity index (χ3v) is 5.81. The highest BCUT2D eigenvalue weighted by Gasteiger charge is 2.04. The predicted octanol–water partition coefficient (Wildman–Crippen LogP) is 3.00. The molecule has 2 aromatic rings. The van der Waals surface area contributed by atoms with Crippen molar-refractivity contribution in [3.8, 4) is 0 Å². The number of benzene rings is 2. The Morgan fingerprint density at radius 3 is 0.839 bits per heavy atom. The molecular weight excluding hydrogens is 720 g/mol. The zero-order chi connectivity index (χ0) is 44.7. The number of carbonyl (C=O) groups excluding carboxylic acids is 8. The quantitative estimate of drug-likeness (QED) is 0.364. The van der Waals surface area contributed by atoms with Gasteiger partial charge in [0.2, 0.25) is 35.4 Å². The van der Waals surface area contributed by atoms with Gasteiger partial charge >= 0.3 is 0 Å². The molecule has 0 spiro atoms. The molecule has 2 aromatic carbocycles. The Hall–Kier alpha value is -5.80. The topological polar surface area (TPSA) is 198 Å². The van der Waals surface area contributed by atoms with Gasteiger partial charge in [0.25, 0.3) is 11.8 Å². The Morgan fingerprint density at radius 2 is 0.696 bits per heavy atom. The maximum Gasteiger partial charge on any atom is 0.253 e. The zero-order valence-corrected chi connectivity index (χ0v) is 36.5. The summed E-state index contributed by atoms with van der Waals surface area (Å²) in [6, 6.07) is 18.3. The van der Waals surface area contributed by atoms with E-state index in [1.165, 1.54) is 44.4 Å². The fourth-order valence-corrected chi connectivity index (χ4v) is 1.89. The van der Waals surface area contributed by atoms with Crippen LogP contribution in [0.5, 0.6) is 0 Å². The molecule has 0 heterocycles. The number of hydrogen-bond donors (Lipinski definition) is 4. The molecule has 0 atom stereocenters. The van der Waals surface area contributed by atoms with Gasteiger partial charge in [0.1, 0.15) is 0 Å². The van der Waals surface area contributed by atoms with Crippen LogP contribution >= 0.6 is 0 Å². The van der Waals surface area contributed by atoms with E-state index in [1.54, 1.807) is 107 Å². The predicted molar refractivity (Wildman–Crippen MR) is 228 cm³/mol. The van der Waals surface area contributed by atoms with E-state index in [0.717, 1.165) is 5.56 Å². The summed E-state index contributed by atoms with van der Waals surface area (Å²) >= 11 is 0. The summed E-state index contributed by atoms with van der Waals surface area (Å²) in [6.07, 6.45) is 0.604. The molecule has 0 aromatic heterocycles. The Bertz CT molecular complexity index is 1290. The molecule has 2 rings (SSSR count). The maximum absolute atomic E-state index is 11.3. The van der Waals surface area contributed by atoms with E-state index in [2.05, 4.69) is 21.3 Å². The Labute approximate surface area is 337 Å². The lowest BCUT2D eigenvalue weighted by atomic mass is 10.2. The molecule has 56 heavy (non-hydrogen) atoms. The van der Waals surface area contributed by atoms with Crippen LogP contribution in [0.25, 0.3) is 0 Å². The van der Waals surface area contributed by atoms with Gasteiger partial charge in [-0.05, 0) is 24.3 Å². The first-order valence-electron chi connectivity index (χ1n) is 17.0. The Morgan fingerprint density at radius 1 is 0.446 bits per heavy atom. The SMILES string of the molecule is C.CC(=O)N(C)C.CC(=O)N(C)C.CCC(=O)N(C)C.CN(C)C(=O)c1ccccc1.CNC(=O)c1ccccc1.CNC(C)=O.CNC(C)=O.CNC(C)=O. The van der Waals surface area contributed by atoms with Crippen LogP contribution in [0.2, 0.25) is 0 Å². The lowest BCUT2D eigenvalue weighted by Gasteiger charge is -2.08. The van der Waals surface area contributed by atoms with Gasteiger partial charge < -0.3 is 40.9 Å². The van der Waals surface area contributed by atoms with Crippen molar-refractivity contribution in [1.82, 2.24) is 40.9 Å². The number of nitrogens with one attached hydrogen (secondary N) is 4. The third-order valence-electron chi connectivity index (χ3n) is 5.81. The van der Waals surface area contributed by atoms with E-state index in [1.807, 2.05) is 55.5 Å². The smallest absolute Gasteiger partial charge is 0.253 e. The highest BCUT2D eigenvalue weighted by atomic mass is 16.2. The second kappa shape index (κ2) is 43.6. The van der Waals surface area contributed by atoms with Crippen LogP contribution < -0.4 is 21.3 Å². The fraction of sp³-hybridized carbons (Fsp3) is 0.500. The zero-order valence-electron chi connectivity index (χ0n) is 36.5. The molecule has 4 N–H and O–H groups in total. The van der Waals surface area contributed by atoms with Crippen molar-refractivity contribution in [3.05, 3.63) is 71.8 Å². The molecule has 0 aliphatic heterocycles.